The van der Waals surface area contributed by atoms with Gasteiger partial charge in [-0.15, -0.1) is 0 Å². The van der Waals surface area contributed by atoms with Crippen molar-refractivity contribution < 1.29 is 9.53 Å². The van der Waals surface area contributed by atoms with Gasteiger partial charge in [-0.3, -0.25) is 4.79 Å². The molecule has 0 bridgehead atoms. The van der Waals surface area contributed by atoms with E-state index in [1.807, 2.05) is 25.1 Å². The molecule has 0 saturated carbocycles. The van der Waals surface area contributed by atoms with Gasteiger partial charge in [0, 0.05) is 6.42 Å². The van der Waals surface area contributed by atoms with Crippen molar-refractivity contribution in [2.45, 2.75) is 33.6 Å². The van der Waals surface area contributed by atoms with E-state index in [4.69, 9.17) is 16.3 Å². The van der Waals surface area contributed by atoms with Crippen LogP contribution in [0.5, 0.6) is 5.75 Å². The molecule has 0 atom stereocenters. The standard InChI is InChI=1S/C14H19ClO2/c1-10(2)9-17-13-6-4-5-12(11(13)3)7-8-14(15)16/h4-6,10H,7-9H2,1-3H3. The van der Waals surface area contributed by atoms with Crippen molar-refractivity contribution in [3.8, 4) is 5.75 Å². The highest BCUT2D eigenvalue weighted by Gasteiger charge is 2.07. The molecular weight excluding hydrogens is 236 g/mol. The highest BCUT2D eigenvalue weighted by atomic mass is 35.5. The lowest BCUT2D eigenvalue weighted by atomic mass is 10.0. The predicted molar refractivity (Wildman–Crippen MR) is 70.7 cm³/mol. The Kier molecular flexibility index (Phi) is 5.49. The van der Waals surface area contributed by atoms with Crippen LogP contribution < -0.4 is 4.74 Å². The first-order valence-electron chi connectivity index (χ1n) is 5.90. The van der Waals surface area contributed by atoms with Crippen LogP contribution in [-0.2, 0) is 11.2 Å². The first kappa shape index (κ1) is 14.0. The Bertz CT molecular complexity index is 386. The van der Waals surface area contributed by atoms with Crippen molar-refractivity contribution in [2.75, 3.05) is 6.61 Å². The van der Waals surface area contributed by atoms with E-state index in [1.165, 1.54) is 0 Å². The number of ether oxygens (including phenoxy) is 1. The molecule has 0 aliphatic heterocycles. The summed E-state index contributed by atoms with van der Waals surface area (Å²) in [4.78, 5) is 10.8. The van der Waals surface area contributed by atoms with E-state index in [-0.39, 0.29) is 5.24 Å². The van der Waals surface area contributed by atoms with Crippen molar-refractivity contribution in [1.29, 1.82) is 0 Å². The Labute approximate surface area is 108 Å². The van der Waals surface area contributed by atoms with Crippen LogP contribution in [0.15, 0.2) is 18.2 Å². The van der Waals surface area contributed by atoms with Gasteiger partial charge < -0.3 is 4.74 Å². The van der Waals surface area contributed by atoms with E-state index in [0.29, 0.717) is 25.4 Å². The summed E-state index contributed by atoms with van der Waals surface area (Å²) in [6.45, 7) is 6.96. The molecular formula is C14H19ClO2. The molecule has 0 aliphatic carbocycles. The molecule has 94 valence electrons. The van der Waals surface area contributed by atoms with Crippen LogP contribution in [0.3, 0.4) is 0 Å². The van der Waals surface area contributed by atoms with Gasteiger partial charge in [0.15, 0.2) is 0 Å². The number of carbonyl (C=O) groups is 1. The third-order valence-corrected chi connectivity index (χ3v) is 2.75. The van der Waals surface area contributed by atoms with Crippen LogP contribution in [0.1, 0.15) is 31.4 Å². The maximum atomic E-state index is 10.8. The Morgan fingerprint density at radius 1 is 1.41 bits per heavy atom. The van der Waals surface area contributed by atoms with Crippen molar-refractivity contribution in [3.63, 3.8) is 0 Å². The average molecular weight is 255 g/mol. The molecule has 0 heterocycles. The molecule has 2 nitrogen and oxygen atoms in total. The molecule has 1 aromatic carbocycles. The zero-order valence-electron chi connectivity index (χ0n) is 10.6. The van der Waals surface area contributed by atoms with E-state index < -0.39 is 0 Å². The second kappa shape index (κ2) is 6.65. The summed E-state index contributed by atoms with van der Waals surface area (Å²) < 4.78 is 5.73. The van der Waals surface area contributed by atoms with E-state index in [9.17, 15) is 4.79 Å². The van der Waals surface area contributed by atoms with E-state index in [1.54, 1.807) is 0 Å². The zero-order valence-corrected chi connectivity index (χ0v) is 11.4. The molecule has 0 fully saturated rings. The van der Waals surface area contributed by atoms with Crippen LogP contribution in [-0.4, -0.2) is 11.8 Å². The summed E-state index contributed by atoms with van der Waals surface area (Å²) in [7, 11) is 0. The number of benzene rings is 1. The van der Waals surface area contributed by atoms with Crippen molar-refractivity contribution in [1.82, 2.24) is 0 Å². The molecule has 0 spiro atoms. The third kappa shape index (κ3) is 4.78. The summed E-state index contributed by atoms with van der Waals surface area (Å²) in [5, 5.41) is -0.294. The molecule has 1 rings (SSSR count). The highest BCUT2D eigenvalue weighted by molar-refractivity contribution is 6.63. The minimum Gasteiger partial charge on any atom is -0.493 e. The molecule has 0 radical (unpaired) electrons. The number of carbonyl (C=O) groups excluding carboxylic acids is 1. The maximum Gasteiger partial charge on any atom is 0.221 e. The van der Waals surface area contributed by atoms with Gasteiger partial charge in [-0.25, -0.2) is 0 Å². The van der Waals surface area contributed by atoms with E-state index >= 15 is 0 Å². The van der Waals surface area contributed by atoms with Gasteiger partial charge in [0.25, 0.3) is 0 Å². The molecule has 0 amide bonds. The number of aryl methyl sites for hydroxylation is 1. The first-order chi connectivity index (χ1) is 8.00. The van der Waals surface area contributed by atoms with Crippen LogP contribution >= 0.6 is 11.6 Å². The van der Waals surface area contributed by atoms with Gasteiger partial charge >= 0.3 is 0 Å². The number of halogens is 1. The molecule has 3 heteroatoms. The molecule has 0 aromatic heterocycles. The maximum absolute atomic E-state index is 10.8. The Balaban J connectivity index is 2.72. The smallest absolute Gasteiger partial charge is 0.221 e. The fourth-order valence-corrected chi connectivity index (χ4v) is 1.67. The SMILES string of the molecule is Cc1c(CCC(=O)Cl)cccc1OCC(C)C. The van der Waals surface area contributed by atoms with Gasteiger partial charge in [-0.1, -0.05) is 26.0 Å². The summed E-state index contributed by atoms with van der Waals surface area (Å²) in [5.74, 6) is 1.40. The quantitative estimate of drug-likeness (QED) is 0.723. The first-order valence-corrected chi connectivity index (χ1v) is 6.28. The summed E-state index contributed by atoms with van der Waals surface area (Å²) in [5.41, 5.74) is 2.23. The van der Waals surface area contributed by atoms with Crippen LogP contribution in [0, 0.1) is 12.8 Å². The van der Waals surface area contributed by atoms with Crippen LogP contribution in [0.25, 0.3) is 0 Å². The van der Waals surface area contributed by atoms with Crippen molar-refractivity contribution in [2.24, 2.45) is 5.92 Å². The van der Waals surface area contributed by atoms with E-state index in [0.717, 1.165) is 16.9 Å². The number of hydrogen-bond acceptors (Lipinski definition) is 2. The molecule has 0 N–H and O–H groups in total. The average Bonchev–Trinajstić information content (AvgIpc) is 2.25. The lowest BCUT2D eigenvalue weighted by molar-refractivity contribution is -0.111. The Morgan fingerprint density at radius 3 is 2.71 bits per heavy atom. The summed E-state index contributed by atoms with van der Waals surface area (Å²) >= 11 is 5.35. The molecule has 0 aliphatic rings. The molecule has 0 saturated heterocycles. The van der Waals surface area contributed by atoms with Gasteiger partial charge in [0.1, 0.15) is 5.75 Å². The minimum atomic E-state index is -0.294. The topological polar surface area (TPSA) is 26.3 Å². The molecule has 0 unspecified atom stereocenters. The van der Waals surface area contributed by atoms with Gasteiger partial charge in [0.2, 0.25) is 5.24 Å². The summed E-state index contributed by atoms with van der Waals surface area (Å²) in [6, 6.07) is 5.93. The second-order valence-corrected chi connectivity index (χ2v) is 5.02. The fraction of sp³-hybridized carbons (Fsp3) is 0.500. The molecule has 1 aromatic rings. The Hall–Kier alpha value is -1.02. The second-order valence-electron chi connectivity index (χ2n) is 4.60. The lowest BCUT2D eigenvalue weighted by Gasteiger charge is -2.13. The minimum absolute atomic E-state index is 0.294. The monoisotopic (exact) mass is 254 g/mol. The Morgan fingerprint density at radius 2 is 2.12 bits per heavy atom. The van der Waals surface area contributed by atoms with Gasteiger partial charge in [0.05, 0.1) is 6.61 Å². The normalized spacial score (nSPS) is 10.6. The molecule has 17 heavy (non-hydrogen) atoms. The van der Waals surface area contributed by atoms with Gasteiger partial charge in [-0.2, -0.15) is 0 Å². The largest absolute Gasteiger partial charge is 0.493 e. The van der Waals surface area contributed by atoms with Crippen LogP contribution in [0.2, 0.25) is 0 Å². The van der Waals surface area contributed by atoms with E-state index in [2.05, 4.69) is 13.8 Å². The third-order valence-electron chi connectivity index (χ3n) is 2.56. The summed E-state index contributed by atoms with van der Waals surface area (Å²) in [6.07, 6.45) is 1.04. The zero-order chi connectivity index (χ0) is 12.8. The van der Waals surface area contributed by atoms with Gasteiger partial charge in [-0.05, 0) is 48.1 Å². The van der Waals surface area contributed by atoms with Crippen LogP contribution in [0.4, 0.5) is 0 Å². The number of rotatable bonds is 6. The predicted octanol–water partition coefficient (Wildman–Crippen LogP) is 3.73. The van der Waals surface area contributed by atoms with Crippen molar-refractivity contribution >= 4 is 16.8 Å². The fourth-order valence-electron chi connectivity index (χ4n) is 1.58. The number of hydrogen-bond donors (Lipinski definition) is 0. The lowest BCUT2D eigenvalue weighted by Crippen LogP contribution is -2.06. The highest BCUT2D eigenvalue weighted by Crippen LogP contribution is 2.23. The van der Waals surface area contributed by atoms with Crippen molar-refractivity contribution in [3.05, 3.63) is 29.3 Å².